The van der Waals surface area contributed by atoms with Crippen molar-refractivity contribution in [3.05, 3.63) is 77.1 Å². The fourth-order valence-electron chi connectivity index (χ4n) is 3.52. The third-order valence-electron chi connectivity index (χ3n) is 5.03. The molecule has 0 fully saturated rings. The fraction of sp³-hybridized carbons (Fsp3) is 0.174. The van der Waals surface area contributed by atoms with Crippen molar-refractivity contribution in [1.82, 2.24) is 14.4 Å². The third kappa shape index (κ3) is 3.73. The minimum atomic E-state index is -2.48. The van der Waals surface area contributed by atoms with Crippen LogP contribution in [0.15, 0.2) is 48.7 Å². The molecule has 1 atom stereocenters. The van der Waals surface area contributed by atoms with Gasteiger partial charge in [-0.2, -0.15) is 0 Å². The number of nitrogens with zero attached hydrogens (tertiary/aromatic N) is 3. The van der Waals surface area contributed by atoms with E-state index in [0.717, 1.165) is 6.07 Å². The van der Waals surface area contributed by atoms with Gasteiger partial charge in [-0.25, -0.2) is 14.4 Å². The third-order valence-corrected chi connectivity index (χ3v) is 5.03. The highest BCUT2D eigenvalue weighted by atomic mass is 19.1. The first-order valence-corrected chi connectivity index (χ1v) is 9.47. The smallest absolute Gasteiger partial charge is 0.257 e. The number of carbonyl (C=O) groups is 1. The van der Waals surface area contributed by atoms with Crippen LogP contribution in [-0.2, 0) is 4.79 Å². The van der Waals surface area contributed by atoms with Crippen molar-refractivity contribution in [2.24, 2.45) is 0 Å². The van der Waals surface area contributed by atoms with E-state index in [1.54, 1.807) is 32.0 Å². The summed E-state index contributed by atoms with van der Waals surface area (Å²) in [5.41, 5.74) is 9.21. The number of aryl methyl sites for hydroxylation is 3. The lowest BCUT2D eigenvalue weighted by Crippen LogP contribution is -2.21. The number of aromatic nitrogens is 3. The number of aliphatic hydroxyl groups is 1. The highest BCUT2D eigenvalue weighted by Crippen LogP contribution is 2.32. The van der Waals surface area contributed by atoms with E-state index in [0.29, 0.717) is 33.7 Å². The van der Waals surface area contributed by atoms with E-state index in [2.05, 4.69) is 15.3 Å². The van der Waals surface area contributed by atoms with Crippen molar-refractivity contribution in [3.63, 3.8) is 0 Å². The maximum absolute atomic E-state index is 13.4. The lowest BCUT2D eigenvalue weighted by molar-refractivity contribution is -0.124. The number of carbonyl (C=O) groups excluding carboxylic acids is 1. The van der Waals surface area contributed by atoms with Gasteiger partial charge in [0.2, 0.25) is 0 Å². The molecule has 4 aromatic rings. The molecule has 0 spiro atoms. The number of amides is 1. The highest BCUT2D eigenvalue weighted by molar-refractivity contribution is 5.95. The van der Waals surface area contributed by atoms with E-state index in [1.165, 1.54) is 28.8 Å². The van der Waals surface area contributed by atoms with E-state index in [1.807, 2.05) is 0 Å². The number of rotatable bonds is 4. The lowest BCUT2D eigenvalue weighted by Gasteiger charge is -2.13. The number of hydrogen-bond acceptors (Lipinski definition) is 5. The Hall–Kier alpha value is -3.78. The second-order valence-corrected chi connectivity index (χ2v) is 7.23. The summed E-state index contributed by atoms with van der Waals surface area (Å²) >= 11 is 0. The van der Waals surface area contributed by atoms with Crippen molar-refractivity contribution in [3.8, 4) is 11.3 Å². The van der Waals surface area contributed by atoms with Crippen LogP contribution in [0.5, 0.6) is 0 Å². The van der Waals surface area contributed by atoms with Gasteiger partial charge < -0.3 is 16.2 Å². The average Bonchev–Trinajstić information content (AvgIpc) is 3.18. The van der Waals surface area contributed by atoms with Crippen molar-refractivity contribution in [1.29, 1.82) is 0 Å². The molecule has 8 heteroatoms. The summed E-state index contributed by atoms with van der Waals surface area (Å²) in [5, 5.41) is 12.9. The molecule has 0 bridgehead atoms. The highest BCUT2D eigenvalue weighted by Gasteiger charge is 2.20. The van der Waals surface area contributed by atoms with Crippen LogP contribution in [-0.4, -0.2) is 25.4 Å². The molecular weight excluding hydrogens is 397 g/mol. The van der Waals surface area contributed by atoms with Crippen LogP contribution >= 0.6 is 0 Å². The minimum absolute atomic E-state index is 0.126. The second-order valence-electron chi connectivity index (χ2n) is 7.23. The summed E-state index contributed by atoms with van der Waals surface area (Å²) in [6.07, 6.45) is -0.0678. The molecule has 4 rings (SSSR count). The second kappa shape index (κ2) is 7.81. The Balaban J connectivity index is 1.71. The molecule has 0 saturated carbocycles. The fourth-order valence-corrected chi connectivity index (χ4v) is 3.52. The largest absolute Gasteiger partial charge is 0.382 e. The van der Waals surface area contributed by atoms with Crippen LogP contribution in [0.2, 0.25) is 0 Å². The van der Waals surface area contributed by atoms with Crippen LogP contribution in [0.25, 0.3) is 16.8 Å². The molecular formula is C23H22FN5O2. The van der Waals surface area contributed by atoms with Crippen molar-refractivity contribution in [2.45, 2.75) is 26.8 Å². The molecule has 158 valence electrons. The predicted molar refractivity (Wildman–Crippen MR) is 117 cm³/mol. The van der Waals surface area contributed by atoms with Crippen LogP contribution < -0.4 is 11.1 Å². The number of anilines is 2. The van der Waals surface area contributed by atoms with Crippen LogP contribution in [0, 0.1) is 26.5 Å². The SMILES string of the molecule is [2H]C([2H])([2H])c1nc(-c2ccc(NC(=O)[C@@H](O)c3cccc(F)c3)cc2C)c2c(N)ncc(C)n12. The Morgan fingerprint density at radius 2 is 2.10 bits per heavy atom. The first kappa shape index (κ1) is 17.0. The summed E-state index contributed by atoms with van der Waals surface area (Å²) in [7, 11) is 0. The maximum atomic E-state index is 13.4. The zero-order valence-corrected chi connectivity index (χ0v) is 16.8. The Labute approximate surface area is 182 Å². The normalized spacial score (nSPS) is 14.0. The number of halogens is 1. The summed E-state index contributed by atoms with van der Waals surface area (Å²) in [6.45, 7) is 1.01. The van der Waals surface area contributed by atoms with Crippen LogP contribution in [0.4, 0.5) is 15.9 Å². The molecule has 0 saturated heterocycles. The molecule has 0 aliphatic carbocycles. The molecule has 2 heterocycles. The van der Waals surface area contributed by atoms with E-state index in [-0.39, 0.29) is 17.2 Å². The van der Waals surface area contributed by atoms with Gasteiger partial charge in [0.1, 0.15) is 28.7 Å². The van der Waals surface area contributed by atoms with Crippen molar-refractivity contribution in [2.75, 3.05) is 11.1 Å². The topological polar surface area (TPSA) is 106 Å². The maximum Gasteiger partial charge on any atom is 0.257 e. The van der Waals surface area contributed by atoms with E-state index in [9.17, 15) is 14.3 Å². The van der Waals surface area contributed by atoms with Crippen LogP contribution in [0.3, 0.4) is 0 Å². The molecule has 0 aliphatic rings. The molecule has 1 amide bonds. The molecule has 0 unspecified atom stereocenters. The van der Waals surface area contributed by atoms with Crippen LogP contribution in [0.1, 0.15) is 32.9 Å². The molecule has 0 aliphatic heterocycles. The van der Waals surface area contributed by atoms with Crippen molar-refractivity contribution < 1.29 is 18.4 Å². The van der Waals surface area contributed by atoms with E-state index < -0.39 is 24.7 Å². The van der Waals surface area contributed by atoms with Gasteiger partial charge in [-0.15, -0.1) is 0 Å². The minimum Gasteiger partial charge on any atom is -0.382 e. The number of nitrogens with one attached hydrogen (secondary N) is 1. The average molecular weight is 422 g/mol. The monoisotopic (exact) mass is 422 g/mol. The lowest BCUT2D eigenvalue weighted by atomic mass is 10.0. The predicted octanol–water partition coefficient (Wildman–Crippen LogP) is 3.71. The molecule has 7 nitrogen and oxygen atoms in total. The summed E-state index contributed by atoms with van der Waals surface area (Å²) < 4.78 is 38.5. The van der Waals surface area contributed by atoms with E-state index >= 15 is 0 Å². The van der Waals surface area contributed by atoms with Gasteiger partial charge in [-0.3, -0.25) is 9.20 Å². The number of nitrogens with two attached hydrogens (primary N) is 1. The standard InChI is InChI=1S/C23H22FN5O2/c1-12-9-17(28-23(31)21(30)15-5-4-6-16(24)10-15)7-8-18(12)19-20-22(25)26-11-13(2)29(20)14(3)27-19/h4-11,21,30H,1-3H3,(H2,25,26)(H,28,31)/t21-/m0/s1/i3D3. The van der Waals surface area contributed by atoms with Gasteiger partial charge >= 0.3 is 0 Å². The summed E-state index contributed by atoms with van der Waals surface area (Å²) in [4.78, 5) is 21.0. The number of fused-ring (bicyclic) bond motifs is 1. The number of benzene rings is 2. The first-order chi connectivity index (χ1) is 16.0. The first-order valence-electron chi connectivity index (χ1n) is 11.0. The molecule has 31 heavy (non-hydrogen) atoms. The zero-order valence-electron chi connectivity index (χ0n) is 19.8. The van der Waals surface area contributed by atoms with Gasteiger partial charge in [0, 0.05) is 27.3 Å². The van der Waals surface area contributed by atoms with Gasteiger partial charge in [0.25, 0.3) is 5.91 Å². The molecule has 2 aromatic heterocycles. The Morgan fingerprint density at radius 3 is 2.81 bits per heavy atom. The van der Waals surface area contributed by atoms with Gasteiger partial charge in [0.15, 0.2) is 6.10 Å². The summed E-state index contributed by atoms with van der Waals surface area (Å²) in [5.74, 6) is -1.27. The number of imidazole rings is 1. The molecule has 2 aromatic carbocycles. The number of nitrogen functional groups attached to an aromatic ring is 1. The Kier molecular flexibility index (Phi) is 4.27. The van der Waals surface area contributed by atoms with E-state index in [4.69, 9.17) is 9.85 Å². The van der Waals surface area contributed by atoms with Crippen molar-refractivity contribution >= 4 is 22.9 Å². The van der Waals surface area contributed by atoms with Gasteiger partial charge in [-0.05, 0) is 56.1 Å². The molecule has 4 N–H and O–H groups in total. The number of aliphatic hydroxyl groups excluding tert-OH is 1. The Morgan fingerprint density at radius 1 is 1.29 bits per heavy atom. The summed E-state index contributed by atoms with van der Waals surface area (Å²) in [6, 6.07) is 10.1. The zero-order chi connectivity index (χ0) is 24.8. The van der Waals surface area contributed by atoms with Gasteiger partial charge in [0.05, 0.1) is 0 Å². The van der Waals surface area contributed by atoms with Gasteiger partial charge in [-0.1, -0.05) is 18.2 Å². The quantitative estimate of drug-likeness (QED) is 0.465. The Bertz CT molecular complexity index is 1420. The number of hydrogen-bond donors (Lipinski definition) is 3. The molecule has 0 radical (unpaired) electrons.